The molecule has 0 saturated carbocycles. The molecule has 1 N–H and O–H groups in total. The van der Waals surface area contributed by atoms with E-state index in [-0.39, 0.29) is 11.9 Å². The third-order valence-corrected chi connectivity index (χ3v) is 4.86. The fourth-order valence-electron chi connectivity index (χ4n) is 3.79. The number of nitrogens with zero attached hydrogens (tertiary/aromatic N) is 2. The maximum atomic E-state index is 12.5. The van der Waals surface area contributed by atoms with Gasteiger partial charge in [-0.1, -0.05) is 5.92 Å². The molecule has 2 aliphatic rings. The van der Waals surface area contributed by atoms with Gasteiger partial charge in [0.2, 0.25) is 0 Å². The average Bonchev–Trinajstić information content (AvgIpc) is 3.09. The molecule has 3 atom stereocenters. The van der Waals surface area contributed by atoms with Crippen molar-refractivity contribution in [3.63, 3.8) is 0 Å². The molecule has 2 aromatic rings. The topological polar surface area (TPSA) is 36.8 Å². The van der Waals surface area contributed by atoms with Crippen LogP contribution in [0.15, 0.2) is 30.5 Å². The van der Waals surface area contributed by atoms with Crippen LogP contribution in [-0.2, 0) is 0 Å². The minimum Gasteiger partial charge on any atom is -0.348 e. The summed E-state index contributed by atoms with van der Waals surface area (Å²) in [4.78, 5) is 15.0. The Morgan fingerprint density at radius 3 is 2.95 bits per heavy atom. The second-order valence-electron chi connectivity index (χ2n) is 6.40. The molecular formula is C18H19N3O. The van der Waals surface area contributed by atoms with Crippen LogP contribution in [0.25, 0.3) is 5.52 Å². The Morgan fingerprint density at radius 1 is 1.27 bits per heavy atom. The van der Waals surface area contributed by atoms with E-state index in [0.717, 1.165) is 30.1 Å². The summed E-state index contributed by atoms with van der Waals surface area (Å²) in [6, 6.07) is 7.92. The molecule has 22 heavy (non-hydrogen) atoms. The zero-order valence-corrected chi connectivity index (χ0v) is 12.5. The highest BCUT2D eigenvalue weighted by molar-refractivity contribution is 5.94. The summed E-state index contributed by atoms with van der Waals surface area (Å²) in [6.45, 7) is 3.36. The monoisotopic (exact) mass is 293 g/mol. The Kier molecular flexibility index (Phi) is 3.16. The Labute approximate surface area is 130 Å². The van der Waals surface area contributed by atoms with Crippen LogP contribution >= 0.6 is 0 Å². The van der Waals surface area contributed by atoms with Crippen molar-refractivity contribution in [3.8, 4) is 12.3 Å². The lowest BCUT2D eigenvalue weighted by Crippen LogP contribution is -2.47. The second-order valence-corrected chi connectivity index (χ2v) is 6.40. The predicted octanol–water partition coefficient (Wildman–Crippen LogP) is 1.74. The number of pyridine rings is 1. The molecule has 0 aliphatic carbocycles. The number of hydrogen-bond donors (Lipinski definition) is 1. The second kappa shape index (κ2) is 5.19. The summed E-state index contributed by atoms with van der Waals surface area (Å²) in [6.07, 6.45) is 9.70. The van der Waals surface area contributed by atoms with E-state index in [2.05, 4.69) is 16.1 Å². The number of carbonyl (C=O) groups is 1. The largest absolute Gasteiger partial charge is 0.348 e. The first-order valence-electron chi connectivity index (χ1n) is 7.84. The van der Waals surface area contributed by atoms with Crippen LogP contribution in [0.1, 0.15) is 28.9 Å². The number of amides is 1. The van der Waals surface area contributed by atoms with Crippen molar-refractivity contribution in [3.05, 3.63) is 41.7 Å². The first kappa shape index (κ1) is 13.4. The summed E-state index contributed by atoms with van der Waals surface area (Å²) in [7, 11) is 0. The maximum Gasteiger partial charge on any atom is 0.253 e. The van der Waals surface area contributed by atoms with Gasteiger partial charge in [-0.25, -0.2) is 0 Å². The molecule has 0 spiro atoms. The quantitative estimate of drug-likeness (QED) is 0.856. The van der Waals surface area contributed by atoms with Gasteiger partial charge in [-0.2, -0.15) is 0 Å². The van der Waals surface area contributed by atoms with E-state index in [1.807, 2.05) is 34.9 Å². The van der Waals surface area contributed by atoms with Crippen LogP contribution in [0.2, 0.25) is 0 Å². The third-order valence-electron chi connectivity index (χ3n) is 4.86. The molecule has 2 unspecified atom stereocenters. The highest BCUT2D eigenvalue weighted by Gasteiger charge is 2.32. The van der Waals surface area contributed by atoms with Crippen LogP contribution in [-0.4, -0.2) is 40.9 Å². The molecule has 112 valence electrons. The molecule has 4 rings (SSSR count). The van der Waals surface area contributed by atoms with Gasteiger partial charge in [0, 0.05) is 30.8 Å². The van der Waals surface area contributed by atoms with Crippen LogP contribution in [0.4, 0.5) is 0 Å². The number of fused-ring (bicyclic) bond motifs is 3. The van der Waals surface area contributed by atoms with Crippen molar-refractivity contribution in [2.75, 3.05) is 19.6 Å². The average molecular weight is 293 g/mol. The van der Waals surface area contributed by atoms with Crippen LogP contribution in [0, 0.1) is 18.3 Å². The highest BCUT2D eigenvalue weighted by Crippen LogP contribution is 2.26. The van der Waals surface area contributed by atoms with Crippen molar-refractivity contribution in [2.24, 2.45) is 5.92 Å². The maximum absolute atomic E-state index is 12.5. The zero-order valence-electron chi connectivity index (χ0n) is 12.5. The lowest BCUT2D eigenvalue weighted by atomic mass is 9.96. The molecule has 4 nitrogen and oxygen atoms in total. The number of aromatic nitrogens is 1. The number of piperidine rings is 1. The SMILES string of the molecule is C#Cc1ccc2ccc(C(=O)N[C@@H]3CC4CCN(C4)C3)cn12. The number of nitrogens with one attached hydrogen (secondary N) is 1. The summed E-state index contributed by atoms with van der Waals surface area (Å²) in [5.41, 5.74) is 2.44. The lowest BCUT2D eigenvalue weighted by molar-refractivity contribution is 0.0909. The van der Waals surface area contributed by atoms with Crippen molar-refractivity contribution in [1.82, 2.24) is 14.6 Å². The summed E-state index contributed by atoms with van der Waals surface area (Å²) in [5.74, 6) is 3.38. The fourth-order valence-corrected chi connectivity index (χ4v) is 3.79. The summed E-state index contributed by atoms with van der Waals surface area (Å²) >= 11 is 0. The van der Waals surface area contributed by atoms with Gasteiger partial charge in [-0.05, 0) is 49.6 Å². The van der Waals surface area contributed by atoms with Gasteiger partial charge in [0.05, 0.1) is 11.3 Å². The first-order chi connectivity index (χ1) is 10.7. The van der Waals surface area contributed by atoms with Gasteiger partial charge < -0.3 is 14.6 Å². The van der Waals surface area contributed by atoms with Gasteiger partial charge in [-0.15, -0.1) is 6.42 Å². The lowest BCUT2D eigenvalue weighted by Gasteiger charge is -2.30. The van der Waals surface area contributed by atoms with Gasteiger partial charge >= 0.3 is 0 Å². The fraction of sp³-hybridized carbons (Fsp3) is 0.389. The van der Waals surface area contributed by atoms with Crippen molar-refractivity contribution in [2.45, 2.75) is 18.9 Å². The first-order valence-corrected chi connectivity index (χ1v) is 7.84. The van der Waals surface area contributed by atoms with Crippen LogP contribution in [0.3, 0.4) is 0 Å². The van der Waals surface area contributed by atoms with E-state index in [1.165, 1.54) is 19.5 Å². The molecule has 0 radical (unpaired) electrons. The minimum absolute atomic E-state index is 0.00827. The Balaban J connectivity index is 1.54. The van der Waals surface area contributed by atoms with E-state index in [0.29, 0.717) is 5.56 Å². The van der Waals surface area contributed by atoms with E-state index >= 15 is 0 Å². The number of terminal acetylenes is 1. The molecule has 0 aromatic carbocycles. The molecule has 2 aromatic heterocycles. The number of hydrogen-bond acceptors (Lipinski definition) is 2. The number of carbonyl (C=O) groups excluding carboxylic acids is 1. The van der Waals surface area contributed by atoms with Gasteiger partial charge in [0.15, 0.2) is 0 Å². The van der Waals surface area contributed by atoms with Crippen molar-refractivity contribution in [1.29, 1.82) is 0 Å². The predicted molar refractivity (Wildman–Crippen MR) is 85.8 cm³/mol. The molecule has 2 saturated heterocycles. The smallest absolute Gasteiger partial charge is 0.253 e. The van der Waals surface area contributed by atoms with E-state index < -0.39 is 0 Å². The Hall–Kier alpha value is -2.25. The third kappa shape index (κ3) is 2.28. The van der Waals surface area contributed by atoms with Crippen LogP contribution < -0.4 is 5.32 Å². The van der Waals surface area contributed by atoms with E-state index in [1.54, 1.807) is 0 Å². The Morgan fingerprint density at radius 2 is 2.14 bits per heavy atom. The minimum atomic E-state index is -0.00827. The molecular weight excluding hydrogens is 274 g/mol. The summed E-state index contributed by atoms with van der Waals surface area (Å²) < 4.78 is 1.89. The zero-order chi connectivity index (χ0) is 15.1. The van der Waals surface area contributed by atoms with Crippen molar-refractivity contribution < 1.29 is 4.79 Å². The normalized spacial score (nSPS) is 26.8. The molecule has 2 fully saturated rings. The van der Waals surface area contributed by atoms with Crippen LogP contribution in [0.5, 0.6) is 0 Å². The standard InChI is InChI=1S/C18H19N3O/c1-2-16-5-6-17-4-3-14(11-21(16)17)18(22)19-15-9-13-7-8-20(10-13)12-15/h1,3-6,11,13,15H,7-10,12H2,(H,19,22)/t13?,15-/m1/s1. The highest BCUT2D eigenvalue weighted by atomic mass is 16.1. The molecule has 2 bridgehead atoms. The number of rotatable bonds is 2. The van der Waals surface area contributed by atoms with E-state index in [4.69, 9.17) is 6.42 Å². The van der Waals surface area contributed by atoms with Gasteiger partial charge in [-0.3, -0.25) is 4.79 Å². The Bertz CT molecular complexity index is 758. The molecule has 4 heteroatoms. The van der Waals surface area contributed by atoms with Gasteiger partial charge in [0.1, 0.15) is 0 Å². The van der Waals surface area contributed by atoms with E-state index in [9.17, 15) is 4.79 Å². The molecule has 1 amide bonds. The summed E-state index contributed by atoms with van der Waals surface area (Å²) in [5, 5.41) is 3.18. The molecule has 2 aliphatic heterocycles. The molecule has 4 heterocycles. The van der Waals surface area contributed by atoms with Crippen molar-refractivity contribution >= 4 is 11.4 Å². The van der Waals surface area contributed by atoms with Gasteiger partial charge in [0.25, 0.3) is 5.91 Å².